The maximum Gasteiger partial charge on any atom is 0.0955 e. The number of hydrogen-bond donors (Lipinski definition) is 0. The Morgan fingerprint density at radius 1 is 0.633 bits per heavy atom. The lowest BCUT2D eigenvalue weighted by Gasteiger charge is -2.28. The van der Waals surface area contributed by atoms with Gasteiger partial charge in [0.15, 0.2) is 0 Å². The van der Waals surface area contributed by atoms with Crippen LogP contribution >= 0.6 is 0 Å². The van der Waals surface area contributed by atoms with Crippen molar-refractivity contribution in [2.45, 2.75) is 65.2 Å². The number of unbranched alkanes of at least 4 members (excludes halogenated alkanes) is 2. The highest BCUT2D eigenvalue weighted by Gasteiger charge is 2.26. The summed E-state index contributed by atoms with van der Waals surface area (Å²) >= 11 is 0. The van der Waals surface area contributed by atoms with Crippen molar-refractivity contribution in [2.75, 3.05) is 64.9 Å². The van der Waals surface area contributed by atoms with E-state index in [2.05, 4.69) is 27.9 Å². The quantitative estimate of drug-likeness (QED) is 0.375. The van der Waals surface area contributed by atoms with E-state index in [0.717, 1.165) is 0 Å². The van der Waals surface area contributed by atoms with E-state index >= 15 is 0 Å². The Morgan fingerprint density at radius 3 is 1.10 bits per heavy atom. The zero-order valence-electron chi connectivity index (χ0n) is 19.5. The van der Waals surface area contributed by atoms with E-state index in [4.69, 9.17) is 0 Å². The van der Waals surface area contributed by atoms with Gasteiger partial charge in [0.05, 0.1) is 85.1 Å². The Labute approximate surface area is 185 Å². The zero-order chi connectivity index (χ0) is 23.3. The van der Waals surface area contributed by atoms with Crippen LogP contribution in [0, 0.1) is 0 Å². The van der Waals surface area contributed by atoms with Gasteiger partial charge in [0.25, 0.3) is 0 Å². The van der Waals surface area contributed by atoms with Gasteiger partial charge in [0.2, 0.25) is 0 Å². The van der Waals surface area contributed by atoms with E-state index in [-0.39, 0.29) is 0 Å². The van der Waals surface area contributed by atoms with Crippen molar-refractivity contribution in [3.8, 4) is 0 Å². The second-order valence-electron chi connectivity index (χ2n) is 9.23. The van der Waals surface area contributed by atoms with Gasteiger partial charge < -0.3 is 18.1 Å². The van der Waals surface area contributed by atoms with Crippen molar-refractivity contribution in [3.63, 3.8) is 0 Å². The molecule has 0 amide bonds. The number of likely N-dealkylation sites (tertiary alicyclic amines) is 2. The average molecular weight is 473 g/mol. The predicted molar refractivity (Wildman–Crippen MR) is 119 cm³/mol. The molecule has 2 aliphatic heterocycles. The second-order valence-corrected chi connectivity index (χ2v) is 12.3. The van der Waals surface area contributed by atoms with Crippen LogP contribution in [0.5, 0.6) is 0 Å². The first-order chi connectivity index (χ1) is 13.7. The fourth-order valence-electron chi connectivity index (χ4n) is 3.93. The lowest BCUT2D eigenvalue weighted by Crippen LogP contribution is -2.41. The zero-order valence-corrected chi connectivity index (χ0v) is 21.1. The Morgan fingerprint density at radius 2 is 0.900 bits per heavy atom. The van der Waals surface area contributed by atoms with Gasteiger partial charge in [-0.25, -0.2) is 16.8 Å². The molecule has 8 nitrogen and oxygen atoms in total. The maximum absolute atomic E-state index is 9.72. The first kappa shape index (κ1) is 29.7. The molecule has 0 aromatic carbocycles. The van der Waals surface area contributed by atoms with Gasteiger partial charge in [0.1, 0.15) is 0 Å². The predicted octanol–water partition coefficient (Wildman–Crippen LogP) is 2.13. The van der Waals surface area contributed by atoms with Crippen LogP contribution in [0.3, 0.4) is 0 Å². The van der Waals surface area contributed by atoms with Crippen molar-refractivity contribution >= 4 is 20.2 Å². The maximum atomic E-state index is 9.72. The minimum absolute atomic E-state index is 1.15. The average Bonchev–Trinajstić information content (AvgIpc) is 3.26. The highest BCUT2D eigenvalue weighted by Crippen LogP contribution is 2.17. The van der Waals surface area contributed by atoms with Gasteiger partial charge in [-0.15, -0.1) is 0 Å². The van der Waals surface area contributed by atoms with Gasteiger partial charge in [-0.2, -0.15) is 0 Å². The molecule has 2 fully saturated rings. The molecule has 182 valence electrons. The van der Waals surface area contributed by atoms with Crippen molar-refractivity contribution in [2.24, 2.45) is 0 Å². The molecule has 0 aromatic rings. The van der Waals surface area contributed by atoms with E-state index in [1.807, 2.05) is 0 Å². The van der Waals surface area contributed by atoms with Crippen molar-refractivity contribution < 1.29 is 34.9 Å². The molecule has 2 aliphatic rings. The molecule has 10 heteroatoms. The summed E-state index contributed by atoms with van der Waals surface area (Å²) in [5.41, 5.74) is 0. The monoisotopic (exact) mass is 472 g/mol. The van der Waals surface area contributed by atoms with Crippen LogP contribution < -0.4 is 0 Å². The molecule has 0 unspecified atom stereocenters. The molecule has 0 aromatic heterocycles. The fourth-order valence-corrected chi connectivity index (χ4v) is 5.56. The smallest absolute Gasteiger partial charge is 0.0955 e. The Kier molecular flexibility index (Phi) is 13.9. The molecule has 0 saturated carbocycles. The molecule has 0 radical (unpaired) electrons. The Balaban J connectivity index is 0.000000420. The van der Waals surface area contributed by atoms with E-state index in [0.29, 0.717) is 0 Å². The standard InChI is InChI=1S/2C9H20N.C2H6O6S2/c2*1-3-4-7-10(2)8-5-6-9-10;3-9(4,5)1-2-10(6,7)8/h2*3-9H2,1-2H3;1-2H2,(H,3,4,5)(H,6,7,8)/q2*+1;/p-2. The van der Waals surface area contributed by atoms with Crippen molar-refractivity contribution in [1.29, 1.82) is 0 Å². The molecule has 30 heavy (non-hydrogen) atoms. The first-order valence-corrected chi connectivity index (χ1v) is 14.4. The van der Waals surface area contributed by atoms with E-state index < -0.39 is 31.7 Å². The minimum Gasteiger partial charge on any atom is -0.748 e. The third kappa shape index (κ3) is 16.4. The van der Waals surface area contributed by atoms with Crippen LogP contribution in [-0.4, -0.2) is 99.8 Å². The topological polar surface area (TPSA) is 114 Å². The largest absolute Gasteiger partial charge is 0.748 e. The number of rotatable bonds is 9. The Bertz CT molecular complexity index is 595. The molecule has 0 bridgehead atoms. The summed E-state index contributed by atoms with van der Waals surface area (Å²) in [5.74, 6) is -2.31. The fraction of sp³-hybridized carbons (Fsp3) is 1.00. The Hall–Kier alpha value is -0.260. The molecule has 0 N–H and O–H groups in total. The van der Waals surface area contributed by atoms with E-state index in [9.17, 15) is 25.9 Å². The second kappa shape index (κ2) is 14.0. The molecule has 2 heterocycles. The third-order valence-electron chi connectivity index (χ3n) is 5.98. The van der Waals surface area contributed by atoms with Crippen LogP contribution in [0.4, 0.5) is 0 Å². The van der Waals surface area contributed by atoms with Crippen LogP contribution in [0.1, 0.15) is 65.2 Å². The lowest BCUT2D eigenvalue weighted by molar-refractivity contribution is -0.897. The molecule has 0 aliphatic carbocycles. The van der Waals surface area contributed by atoms with Gasteiger partial charge >= 0.3 is 0 Å². The summed E-state index contributed by atoms with van der Waals surface area (Å²) in [5, 5.41) is 0. The van der Waals surface area contributed by atoms with Gasteiger partial charge in [0, 0.05) is 25.7 Å². The van der Waals surface area contributed by atoms with Gasteiger partial charge in [-0.1, -0.05) is 26.7 Å². The van der Waals surface area contributed by atoms with Gasteiger partial charge in [-0.05, 0) is 12.8 Å². The third-order valence-corrected chi connectivity index (χ3v) is 7.64. The van der Waals surface area contributed by atoms with Crippen LogP contribution in [-0.2, 0) is 20.2 Å². The summed E-state index contributed by atoms with van der Waals surface area (Å²) in [4.78, 5) is 0. The summed E-state index contributed by atoms with van der Waals surface area (Å²) in [6.45, 7) is 13.1. The van der Waals surface area contributed by atoms with E-state index in [1.165, 1.54) is 99.6 Å². The number of quaternary nitrogens is 2. The van der Waals surface area contributed by atoms with Gasteiger partial charge in [-0.3, -0.25) is 0 Å². The van der Waals surface area contributed by atoms with Crippen molar-refractivity contribution in [1.82, 2.24) is 0 Å². The molecule has 0 atom stereocenters. The number of hydrogen-bond acceptors (Lipinski definition) is 6. The van der Waals surface area contributed by atoms with Crippen molar-refractivity contribution in [3.05, 3.63) is 0 Å². The summed E-state index contributed by atoms with van der Waals surface area (Å²) in [7, 11) is -4.36. The summed E-state index contributed by atoms with van der Waals surface area (Å²) in [6, 6.07) is 0. The summed E-state index contributed by atoms with van der Waals surface area (Å²) in [6.07, 6.45) is 11.4. The molecular weight excluding hydrogens is 428 g/mol. The molecule has 0 spiro atoms. The van der Waals surface area contributed by atoms with Crippen LogP contribution in [0.25, 0.3) is 0 Å². The molecule has 2 rings (SSSR count). The molecule has 2 saturated heterocycles. The van der Waals surface area contributed by atoms with Crippen LogP contribution in [0.15, 0.2) is 0 Å². The highest BCUT2D eigenvalue weighted by atomic mass is 32.2. The number of nitrogens with zero attached hydrogens (tertiary/aromatic N) is 2. The SMILES string of the molecule is CCCC[N+]1(C)CCCC1.CCCC[N+]1(C)CCCC1.O=S(=O)([O-])CCS(=O)(=O)[O-]. The van der Waals surface area contributed by atoms with Crippen LogP contribution in [0.2, 0.25) is 0 Å². The normalized spacial score (nSPS) is 20.1. The molecular formula is C20H44N2O6S2. The first-order valence-electron chi connectivity index (χ1n) is 11.3. The minimum atomic E-state index is -4.59. The highest BCUT2D eigenvalue weighted by molar-refractivity contribution is 7.89. The lowest BCUT2D eigenvalue weighted by atomic mass is 10.3. The van der Waals surface area contributed by atoms with E-state index in [1.54, 1.807) is 0 Å². The summed E-state index contributed by atoms with van der Waals surface area (Å²) < 4.78 is 61.0.